The summed E-state index contributed by atoms with van der Waals surface area (Å²) in [7, 11) is 0. The van der Waals surface area contributed by atoms with Crippen LogP contribution in [-0.4, -0.2) is 34.6 Å². The van der Waals surface area contributed by atoms with Crippen LogP contribution in [0.1, 0.15) is 162 Å². The summed E-state index contributed by atoms with van der Waals surface area (Å²) in [5, 5.41) is 1.67. The van der Waals surface area contributed by atoms with Crippen LogP contribution >= 0.6 is 34.0 Å². The predicted octanol–water partition coefficient (Wildman–Crippen LogP) is 12.5. The van der Waals surface area contributed by atoms with Crippen molar-refractivity contribution in [2.75, 3.05) is 0 Å². The van der Waals surface area contributed by atoms with Crippen molar-refractivity contribution in [1.29, 1.82) is 0 Å². The molecule has 0 N–H and O–H groups in total. The molecule has 8 atom stereocenters. The molecule has 8 fully saturated rings. The highest BCUT2D eigenvalue weighted by Crippen LogP contribution is 2.73. The Morgan fingerprint density at radius 2 is 0.915 bits per heavy atom. The van der Waals surface area contributed by atoms with Gasteiger partial charge in [0.15, 0.2) is 34.6 Å². The fraction of sp³-hybridized carbons (Fsp3) is 0.640. The van der Waals surface area contributed by atoms with Gasteiger partial charge in [0, 0.05) is 49.0 Å². The van der Waals surface area contributed by atoms with Gasteiger partial charge in [-0.25, -0.2) is 9.98 Å². The van der Waals surface area contributed by atoms with Crippen molar-refractivity contribution < 1.29 is 19.2 Å². The van der Waals surface area contributed by atoms with Crippen LogP contribution in [0.2, 0.25) is 0 Å². The molecule has 3 aromatic rings. The minimum atomic E-state index is -0.163. The minimum absolute atomic E-state index is 0.0111. The lowest BCUT2D eigenvalue weighted by molar-refractivity contribution is -0.123. The summed E-state index contributed by atoms with van der Waals surface area (Å²) in [6, 6.07) is 4.52. The molecule has 306 valence electrons. The zero-order valence-electron chi connectivity index (χ0n) is 34.1. The molecule has 3 heterocycles. The molecule has 0 radical (unpaired) electrons. The summed E-state index contributed by atoms with van der Waals surface area (Å²) in [6.45, 7) is 0. The second-order valence-corrected chi connectivity index (χ2v) is 23.9. The van der Waals surface area contributed by atoms with E-state index in [2.05, 4.69) is 12.1 Å². The average Bonchev–Trinajstić information content (AvgIpc) is 4.11. The van der Waals surface area contributed by atoms with Crippen molar-refractivity contribution in [3.05, 3.63) is 33.0 Å². The van der Waals surface area contributed by atoms with Gasteiger partial charge in [0.2, 0.25) is 0 Å². The van der Waals surface area contributed by atoms with Gasteiger partial charge in [-0.1, -0.05) is 89.9 Å². The van der Waals surface area contributed by atoms with Gasteiger partial charge in [0.1, 0.15) is 10.0 Å². The fourth-order valence-electron chi connectivity index (χ4n) is 15.6. The Hall–Kier alpha value is -2.88. The largest absolute Gasteiger partial charge is 0.292 e. The Kier molecular flexibility index (Phi) is 8.29. The zero-order valence-corrected chi connectivity index (χ0v) is 36.5. The topological polar surface area (TPSA) is 93.0 Å². The number of hydrogen-bond donors (Lipinski definition) is 0. The molecule has 0 amide bonds. The van der Waals surface area contributed by atoms with E-state index in [1.165, 1.54) is 120 Å². The molecule has 8 saturated carbocycles. The molecular weight excluding hydrogens is 789 g/mol. The fourth-order valence-corrected chi connectivity index (χ4v) is 19.7. The summed E-state index contributed by atoms with van der Waals surface area (Å²) in [5.74, 6) is 1.80. The molecule has 0 bridgehead atoms. The molecule has 10 aliphatic carbocycles. The van der Waals surface area contributed by atoms with E-state index in [1.54, 1.807) is 33.8 Å². The van der Waals surface area contributed by atoms with E-state index in [0.29, 0.717) is 23.7 Å². The van der Waals surface area contributed by atoms with Gasteiger partial charge in [-0.05, 0) is 109 Å². The molecule has 0 aliphatic heterocycles. The van der Waals surface area contributed by atoms with Gasteiger partial charge in [-0.2, -0.15) is 0 Å². The molecule has 2 spiro atoms. The second-order valence-electron chi connectivity index (χ2n) is 20.8. The number of carbonyl (C=O) groups is 4. The first-order valence-corrected chi connectivity index (χ1v) is 26.1. The Balaban J connectivity index is 0.888. The SMILES string of the molecule is O=C1C(=Nc2cc3c(s2)C2=C(c4sc5cc(N=C6C(=O)C7CC8CCCCC8CC7C6=O)sc5c4C24CCCCC4)C32CCCCC2)C(=O)C2CC3CCCCC3CC12. The van der Waals surface area contributed by atoms with Crippen molar-refractivity contribution in [3.63, 3.8) is 0 Å². The van der Waals surface area contributed by atoms with Crippen LogP contribution in [-0.2, 0) is 30.0 Å². The molecule has 3 aromatic heterocycles. The first-order valence-electron chi connectivity index (χ1n) is 23.6. The first-order chi connectivity index (χ1) is 28.8. The second kappa shape index (κ2) is 13.3. The Bertz CT molecular complexity index is 2410. The number of fused-ring (bicyclic) bond motifs is 14. The molecule has 59 heavy (non-hydrogen) atoms. The zero-order chi connectivity index (χ0) is 39.4. The lowest BCUT2D eigenvalue weighted by Crippen LogP contribution is -2.35. The molecule has 0 saturated heterocycles. The lowest BCUT2D eigenvalue weighted by atomic mass is 9.64. The maximum absolute atomic E-state index is 14.0. The highest BCUT2D eigenvalue weighted by atomic mass is 32.1. The maximum Gasteiger partial charge on any atom is 0.188 e. The Morgan fingerprint density at radius 1 is 0.475 bits per heavy atom. The number of rotatable bonds is 2. The van der Waals surface area contributed by atoms with E-state index in [4.69, 9.17) is 9.98 Å². The van der Waals surface area contributed by atoms with Crippen LogP contribution in [0.4, 0.5) is 10.0 Å². The van der Waals surface area contributed by atoms with Gasteiger partial charge in [-0.15, -0.1) is 34.0 Å². The Morgan fingerprint density at radius 3 is 1.41 bits per heavy atom. The minimum Gasteiger partial charge on any atom is -0.292 e. The van der Waals surface area contributed by atoms with Crippen LogP contribution in [0.25, 0.3) is 20.5 Å². The molecule has 13 rings (SSSR count). The molecular formula is C50H54N2O4S3. The summed E-state index contributed by atoms with van der Waals surface area (Å²) in [4.78, 5) is 68.8. The maximum atomic E-state index is 14.0. The third-order valence-corrected chi connectivity index (χ3v) is 21.6. The van der Waals surface area contributed by atoms with Crippen molar-refractivity contribution in [3.8, 4) is 0 Å². The highest BCUT2D eigenvalue weighted by molar-refractivity contribution is 7.30. The number of allylic oxidation sites excluding steroid dienone is 2. The molecule has 0 aromatic carbocycles. The van der Waals surface area contributed by atoms with Crippen LogP contribution in [0.5, 0.6) is 0 Å². The third kappa shape index (κ3) is 5.07. The normalized spacial score (nSPS) is 35.3. The van der Waals surface area contributed by atoms with Crippen molar-refractivity contribution in [2.45, 2.75) is 152 Å². The summed E-state index contributed by atoms with van der Waals surface area (Å²) in [5.41, 5.74) is 6.38. The molecule has 10 aliphatic rings. The molecule has 6 nitrogen and oxygen atoms in total. The number of aliphatic imine (C=N–C) groups is 2. The monoisotopic (exact) mass is 842 g/mol. The summed E-state index contributed by atoms with van der Waals surface area (Å²) in [6.07, 6.45) is 25.2. The van der Waals surface area contributed by atoms with Gasteiger partial charge in [0.25, 0.3) is 0 Å². The van der Waals surface area contributed by atoms with E-state index >= 15 is 0 Å². The van der Waals surface area contributed by atoms with Crippen molar-refractivity contribution in [1.82, 2.24) is 0 Å². The summed E-state index contributed by atoms with van der Waals surface area (Å²) >= 11 is 5.42. The van der Waals surface area contributed by atoms with Crippen molar-refractivity contribution in [2.24, 2.45) is 57.3 Å². The average molecular weight is 843 g/mol. The van der Waals surface area contributed by atoms with Gasteiger partial charge < -0.3 is 0 Å². The Labute approximate surface area is 358 Å². The van der Waals surface area contributed by atoms with E-state index in [-0.39, 0.29) is 69.1 Å². The van der Waals surface area contributed by atoms with Crippen LogP contribution < -0.4 is 0 Å². The van der Waals surface area contributed by atoms with Crippen LogP contribution in [0.15, 0.2) is 22.1 Å². The van der Waals surface area contributed by atoms with Gasteiger partial charge >= 0.3 is 0 Å². The number of thiophene rings is 3. The van der Waals surface area contributed by atoms with Crippen LogP contribution in [0.3, 0.4) is 0 Å². The van der Waals surface area contributed by atoms with E-state index < -0.39 is 0 Å². The number of carbonyl (C=O) groups excluding carboxylic acids is 4. The molecule has 8 unspecified atom stereocenters. The first kappa shape index (κ1) is 36.7. The van der Waals surface area contributed by atoms with Gasteiger partial charge in [-0.3, -0.25) is 19.2 Å². The lowest BCUT2D eigenvalue weighted by Gasteiger charge is -2.39. The number of Topliss-reactive ketones (excluding diaryl/α,β-unsaturated/α-hetero) is 4. The predicted molar refractivity (Wildman–Crippen MR) is 238 cm³/mol. The number of ketones is 4. The van der Waals surface area contributed by atoms with Crippen molar-refractivity contribution >= 4 is 99.1 Å². The van der Waals surface area contributed by atoms with E-state index in [1.807, 2.05) is 11.3 Å². The standard InChI is InChI=1S/C50H54N2O4S3/c53-42-29-19-25-11-3-4-12-26(25)20-30(29)43(54)40(42)51-35-23-33-46(58-35)37-38(49(33)15-7-1-8-16-49)48-39(50(37)17-9-2-10-18-50)47-34(57-48)24-36(59-47)52-41-44(55)31-21-27-13-5-6-14-28(27)22-32(31)45(41)56/h23-32H,1-22H2. The van der Waals surface area contributed by atoms with Crippen LogP contribution in [0, 0.1) is 47.3 Å². The number of nitrogens with zero attached hydrogens (tertiary/aromatic N) is 2. The summed E-state index contributed by atoms with van der Waals surface area (Å²) < 4.78 is 2.57. The smallest absolute Gasteiger partial charge is 0.188 e. The third-order valence-electron chi connectivity index (χ3n) is 18.2. The van der Waals surface area contributed by atoms with Gasteiger partial charge in [0.05, 0.1) is 4.70 Å². The quantitative estimate of drug-likeness (QED) is 0.257. The number of hydrogen-bond acceptors (Lipinski definition) is 9. The molecule has 9 heteroatoms. The van der Waals surface area contributed by atoms with E-state index in [0.717, 1.165) is 61.4 Å². The highest BCUT2D eigenvalue weighted by Gasteiger charge is 2.60. The van der Waals surface area contributed by atoms with E-state index in [9.17, 15) is 19.2 Å².